The van der Waals surface area contributed by atoms with Crippen molar-refractivity contribution < 1.29 is 4.42 Å². The molecular formula is C20H27ClN2O. The van der Waals surface area contributed by atoms with Gasteiger partial charge in [0.2, 0.25) is 0 Å². The fourth-order valence-corrected chi connectivity index (χ4v) is 3.93. The number of hydrogen-bond acceptors (Lipinski definition) is 3. The highest BCUT2D eigenvalue weighted by molar-refractivity contribution is 6.30. The molecule has 0 radical (unpaired) electrons. The number of furan rings is 1. The molecule has 0 atom stereocenters. The van der Waals surface area contributed by atoms with Gasteiger partial charge in [0.05, 0.1) is 12.8 Å². The van der Waals surface area contributed by atoms with Gasteiger partial charge < -0.3 is 10.2 Å². The first-order chi connectivity index (χ1) is 11.7. The first kappa shape index (κ1) is 17.5. The Morgan fingerprint density at radius 3 is 2.50 bits per heavy atom. The molecule has 1 heterocycles. The minimum atomic E-state index is 0.729. The van der Waals surface area contributed by atoms with E-state index in [9.17, 15) is 0 Å². The van der Waals surface area contributed by atoms with Gasteiger partial charge in [0.25, 0.3) is 0 Å². The fourth-order valence-electron chi connectivity index (χ4n) is 3.72. The number of benzene rings is 1. The molecule has 1 aliphatic rings. The Hall–Kier alpha value is -1.29. The molecule has 0 amide bonds. The zero-order chi connectivity index (χ0) is 16.8. The van der Waals surface area contributed by atoms with Crippen molar-refractivity contribution >= 4 is 11.6 Å². The lowest BCUT2D eigenvalue weighted by Crippen LogP contribution is -2.32. The summed E-state index contributed by atoms with van der Waals surface area (Å²) in [6.45, 7) is 3.68. The van der Waals surface area contributed by atoms with Crippen molar-refractivity contribution in [3.8, 4) is 0 Å². The van der Waals surface area contributed by atoms with E-state index < -0.39 is 0 Å². The molecule has 24 heavy (non-hydrogen) atoms. The number of hydrogen-bond donors (Lipinski definition) is 1. The van der Waals surface area contributed by atoms with Gasteiger partial charge in [-0.3, -0.25) is 4.90 Å². The van der Waals surface area contributed by atoms with E-state index in [2.05, 4.69) is 23.1 Å². The standard InChI is InChI=1S/C20H27ClN2O/c21-19-4-1-3-18(11-19)14-23(15-20-5-2-10-24-20)13-17-8-6-16(12-22)7-9-17/h1-5,10-11,16-17H,6-9,12-15,22H2. The summed E-state index contributed by atoms with van der Waals surface area (Å²) in [6, 6.07) is 12.2. The molecule has 1 aromatic heterocycles. The first-order valence-electron chi connectivity index (χ1n) is 8.92. The van der Waals surface area contributed by atoms with Crippen LogP contribution in [0.1, 0.15) is 37.0 Å². The van der Waals surface area contributed by atoms with E-state index in [0.29, 0.717) is 0 Å². The Labute approximate surface area is 149 Å². The van der Waals surface area contributed by atoms with Crippen LogP contribution in [0, 0.1) is 11.8 Å². The average molecular weight is 347 g/mol. The summed E-state index contributed by atoms with van der Waals surface area (Å²) < 4.78 is 5.56. The lowest BCUT2D eigenvalue weighted by atomic mass is 9.82. The topological polar surface area (TPSA) is 42.4 Å². The predicted octanol–water partition coefficient (Wildman–Crippen LogP) is 4.70. The second kappa shape index (κ2) is 8.70. The van der Waals surface area contributed by atoms with Crippen LogP contribution in [0.4, 0.5) is 0 Å². The van der Waals surface area contributed by atoms with Crippen LogP contribution >= 0.6 is 11.6 Å². The molecule has 0 saturated heterocycles. The lowest BCUT2D eigenvalue weighted by molar-refractivity contribution is 0.161. The molecule has 0 unspecified atom stereocenters. The minimum absolute atomic E-state index is 0.729. The Morgan fingerprint density at radius 1 is 1.04 bits per heavy atom. The van der Waals surface area contributed by atoms with Crippen LogP contribution in [0.5, 0.6) is 0 Å². The maximum atomic E-state index is 6.15. The monoisotopic (exact) mass is 346 g/mol. The molecule has 0 spiro atoms. The molecule has 1 aromatic carbocycles. The molecule has 1 fully saturated rings. The summed E-state index contributed by atoms with van der Waals surface area (Å²) in [5.41, 5.74) is 7.08. The Morgan fingerprint density at radius 2 is 1.83 bits per heavy atom. The third kappa shape index (κ3) is 5.10. The SMILES string of the molecule is NCC1CCC(CN(Cc2cccc(Cl)c2)Cc2ccco2)CC1. The predicted molar refractivity (Wildman–Crippen MR) is 98.8 cm³/mol. The maximum absolute atomic E-state index is 6.15. The highest BCUT2D eigenvalue weighted by Gasteiger charge is 2.22. The van der Waals surface area contributed by atoms with Gasteiger partial charge in [-0.05, 0) is 73.9 Å². The van der Waals surface area contributed by atoms with Gasteiger partial charge in [0, 0.05) is 18.1 Å². The van der Waals surface area contributed by atoms with E-state index in [-0.39, 0.29) is 0 Å². The third-order valence-corrected chi connectivity index (χ3v) is 5.31. The summed E-state index contributed by atoms with van der Waals surface area (Å²) in [4.78, 5) is 2.48. The van der Waals surface area contributed by atoms with Gasteiger partial charge in [0.1, 0.15) is 5.76 Å². The summed E-state index contributed by atoms with van der Waals surface area (Å²) in [5, 5.41) is 0.800. The molecule has 1 aliphatic carbocycles. The van der Waals surface area contributed by atoms with Crippen LogP contribution < -0.4 is 5.73 Å². The molecule has 4 heteroatoms. The molecule has 130 valence electrons. The smallest absolute Gasteiger partial charge is 0.117 e. The number of nitrogens with zero attached hydrogens (tertiary/aromatic N) is 1. The lowest BCUT2D eigenvalue weighted by Gasteiger charge is -2.32. The third-order valence-electron chi connectivity index (χ3n) is 5.07. The number of rotatable bonds is 7. The van der Waals surface area contributed by atoms with Gasteiger partial charge in [-0.15, -0.1) is 0 Å². The summed E-state index contributed by atoms with van der Waals surface area (Å²) >= 11 is 6.15. The van der Waals surface area contributed by atoms with Crippen molar-refractivity contribution in [2.75, 3.05) is 13.1 Å². The molecule has 1 saturated carbocycles. The Kier molecular flexibility index (Phi) is 6.36. The van der Waals surface area contributed by atoms with Gasteiger partial charge in [-0.2, -0.15) is 0 Å². The second-order valence-electron chi connectivity index (χ2n) is 7.00. The Balaban J connectivity index is 1.63. The van der Waals surface area contributed by atoms with Gasteiger partial charge in [-0.25, -0.2) is 0 Å². The highest BCUT2D eigenvalue weighted by Crippen LogP contribution is 2.29. The van der Waals surface area contributed by atoms with Crippen LogP contribution in [-0.2, 0) is 13.1 Å². The minimum Gasteiger partial charge on any atom is -0.468 e. The highest BCUT2D eigenvalue weighted by atomic mass is 35.5. The van der Waals surface area contributed by atoms with Gasteiger partial charge in [-0.1, -0.05) is 23.7 Å². The van der Waals surface area contributed by atoms with Crippen LogP contribution in [-0.4, -0.2) is 18.0 Å². The van der Waals surface area contributed by atoms with Crippen LogP contribution in [0.2, 0.25) is 5.02 Å². The molecule has 3 nitrogen and oxygen atoms in total. The molecule has 0 aliphatic heterocycles. The largest absolute Gasteiger partial charge is 0.468 e. The normalized spacial score (nSPS) is 21.3. The van der Waals surface area contributed by atoms with E-state index >= 15 is 0 Å². The van der Waals surface area contributed by atoms with Crippen molar-refractivity contribution in [3.63, 3.8) is 0 Å². The second-order valence-corrected chi connectivity index (χ2v) is 7.44. The fraction of sp³-hybridized carbons (Fsp3) is 0.500. The van der Waals surface area contributed by atoms with Crippen LogP contribution in [0.25, 0.3) is 0 Å². The van der Waals surface area contributed by atoms with Crippen LogP contribution in [0.15, 0.2) is 47.1 Å². The van der Waals surface area contributed by atoms with Crippen molar-refractivity contribution in [2.24, 2.45) is 17.6 Å². The van der Waals surface area contributed by atoms with Gasteiger partial charge >= 0.3 is 0 Å². The Bertz CT molecular complexity index is 606. The van der Waals surface area contributed by atoms with E-state index in [1.165, 1.54) is 31.2 Å². The van der Waals surface area contributed by atoms with Crippen molar-refractivity contribution in [2.45, 2.75) is 38.8 Å². The summed E-state index contributed by atoms with van der Waals surface area (Å²) in [6.07, 6.45) is 6.86. The summed E-state index contributed by atoms with van der Waals surface area (Å²) in [5.74, 6) is 2.50. The zero-order valence-corrected chi connectivity index (χ0v) is 14.9. The first-order valence-corrected chi connectivity index (χ1v) is 9.30. The van der Waals surface area contributed by atoms with Crippen LogP contribution in [0.3, 0.4) is 0 Å². The molecule has 3 rings (SSSR count). The van der Waals surface area contributed by atoms with E-state index in [1.807, 2.05) is 18.2 Å². The quantitative estimate of drug-likeness (QED) is 0.790. The van der Waals surface area contributed by atoms with Crippen molar-refractivity contribution in [1.82, 2.24) is 4.90 Å². The van der Waals surface area contributed by atoms with E-state index in [1.54, 1.807) is 6.26 Å². The van der Waals surface area contributed by atoms with Crippen molar-refractivity contribution in [1.29, 1.82) is 0 Å². The number of halogens is 1. The molecular weight excluding hydrogens is 320 g/mol. The molecule has 0 bridgehead atoms. The zero-order valence-electron chi connectivity index (χ0n) is 14.2. The maximum Gasteiger partial charge on any atom is 0.117 e. The molecule has 2 aromatic rings. The van der Waals surface area contributed by atoms with Crippen molar-refractivity contribution in [3.05, 3.63) is 59.0 Å². The number of nitrogens with two attached hydrogens (primary N) is 1. The summed E-state index contributed by atoms with van der Waals surface area (Å²) in [7, 11) is 0. The van der Waals surface area contributed by atoms with E-state index in [0.717, 1.165) is 48.8 Å². The average Bonchev–Trinajstić information content (AvgIpc) is 3.08. The van der Waals surface area contributed by atoms with E-state index in [4.69, 9.17) is 21.8 Å². The molecule has 2 N–H and O–H groups in total. The van der Waals surface area contributed by atoms with Gasteiger partial charge in [0.15, 0.2) is 0 Å².